The third-order valence-corrected chi connectivity index (χ3v) is 3.44. The standard InChI is InChI=1S/C17H33NO/c1-3-4-5-6-7-8-9-10-11-12-13-14-15-16-17(19)18-2/h8-9H,3-7,10-16H2,1-2H3,(H,18,19)/b9-8+. The fourth-order valence-electron chi connectivity index (χ4n) is 2.13. The van der Waals surface area contributed by atoms with Gasteiger partial charge in [-0.05, 0) is 32.1 Å². The van der Waals surface area contributed by atoms with Crippen molar-refractivity contribution >= 4 is 5.91 Å². The Morgan fingerprint density at radius 2 is 1.37 bits per heavy atom. The van der Waals surface area contributed by atoms with Crippen LogP contribution >= 0.6 is 0 Å². The fraction of sp³-hybridized carbons (Fsp3) is 0.824. The lowest BCUT2D eigenvalue weighted by molar-refractivity contribution is -0.120. The molecular weight excluding hydrogens is 234 g/mol. The molecule has 0 atom stereocenters. The van der Waals surface area contributed by atoms with Gasteiger partial charge in [0, 0.05) is 13.5 Å². The lowest BCUT2D eigenvalue weighted by atomic mass is 10.1. The molecule has 0 aromatic heterocycles. The van der Waals surface area contributed by atoms with Crippen LogP contribution in [-0.4, -0.2) is 13.0 Å². The number of rotatable bonds is 13. The summed E-state index contributed by atoms with van der Waals surface area (Å²) in [5, 5.41) is 2.66. The molecule has 0 unspecified atom stereocenters. The van der Waals surface area contributed by atoms with E-state index < -0.39 is 0 Å². The molecule has 2 heteroatoms. The van der Waals surface area contributed by atoms with Crippen LogP contribution in [0.1, 0.15) is 84.0 Å². The maximum Gasteiger partial charge on any atom is 0.219 e. The number of carbonyl (C=O) groups excluding carboxylic acids is 1. The SMILES string of the molecule is CCCCCC/C=C/CCCCCCCC(=O)NC. The Hall–Kier alpha value is -0.790. The average Bonchev–Trinajstić information content (AvgIpc) is 2.43. The second kappa shape index (κ2) is 15.3. The van der Waals surface area contributed by atoms with E-state index in [2.05, 4.69) is 24.4 Å². The third-order valence-electron chi connectivity index (χ3n) is 3.44. The summed E-state index contributed by atoms with van der Waals surface area (Å²) in [4.78, 5) is 11.0. The van der Waals surface area contributed by atoms with Crippen LogP contribution in [0.4, 0.5) is 0 Å². The average molecular weight is 267 g/mol. The van der Waals surface area contributed by atoms with Gasteiger partial charge in [-0.25, -0.2) is 0 Å². The number of nitrogens with one attached hydrogen (secondary N) is 1. The molecule has 0 bridgehead atoms. The maximum atomic E-state index is 11.0. The van der Waals surface area contributed by atoms with Crippen LogP contribution < -0.4 is 5.32 Å². The summed E-state index contributed by atoms with van der Waals surface area (Å²) in [6, 6.07) is 0. The lowest BCUT2D eigenvalue weighted by Crippen LogP contribution is -2.16. The molecule has 0 saturated carbocycles. The first-order valence-corrected chi connectivity index (χ1v) is 8.16. The lowest BCUT2D eigenvalue weighted by Gasteiger charge is -2.00. The van der Waals surface area contributed by atoms with Crippen LogP contribution in [0.5, 0.6) is 0 Å². The maximum absolute atomic E-state index is 11.0. The van der Waals surface area contributed by atoms with Crippen molar-refractivity contribution in [2.75, 3.05) is 7.05 Å². The van der Waals surface area contributed by atoms with Gasteiger partial charge in [0.2, 0.25) is 5.91 Å². The molecule has 0 heterocycles. The molecular formula is C17H33NO. The molecule has 112 valence electrons. The van der Waals surface area contributed by atoms with Crippen LogP contribution in [0, 0.1) is 0 Å². The number of unbranched alkanes of at least 4 members (excludes halogenated alkanes) is 9. The van der Waals surface area contributed by atoms with Crippen LogP contribution in [-0.2, 0) is 4.79 Å². The van der Waals surface area contributed by atoms with Gasteiger partial charge in [0.1, 0.15) is 0 Å². The molecule has 0 radical (unpaired) electrons. The highest BCUT2D eigenvalue weighted by atomic mass is 16.1. The second-order valence-electron chi connectivity index (χ2n) is 5.30. The molecule has 1 amide bonds. The van der Waals surface area contributed by atoms with E-state index in [4.69, 9.17) is 0 Å². The Labute approximate surface area is 120 Å². The van der Waals surface area contributed by atoms with Gasteiger partial charge in [-0.1, -0.05) is 57.6 Å². The molecule has 0 rings (SSSR count). The monoisotopic (exact) mass is 267 g/mol. The Bertz CT molecular complexity index is 223. The van der Waals surface area contributed by atoms with Gasteiger partial charge >= 0.3 is 0 Å². The molecule has 19 heavy (non-hydrogen) atoms. The van der Waals surface area contributed by atoms with Crippen molar-refractivity contribution in [3.8, 4) is 0 Å². The number of hydrogen-bond acceptors (Lipinski definition) is 1. The first kappa shape index (κ1) is 18.2. The van der Waals surface area contributed by atoms with Crippen molar-refractivity contribution in [3.63, 3.8) is 0 Å². The van der Waals surface area contributed by atoms with E-state index in [0.29, 0.717) is 6.42 Å². The summed E-state index contributed by atoms with van der Waals surface area (Å²) in [6.45, 7) is 2.25. The van der Waals surface area contributed by atoms with E-state index in [9.17, 15) is 4.79 Å². The van der Waals surface area contributed by atoms with E-state index in [0.717, 1.165) is 6.42 Å². The van der Waals surface area contributed by atoms with Gasteiger partial charge < -0.3 is 5.32 Å². The number of hydrogen-bond donors (Lipinski definition) is 1. The van der Waals surface area contributed by atoms with Gasteiger partial charge in [-0.15, -0.1) is 0 Å². The molecule has 0 aliphatic carbocycles. The third kappa shape index (κ3) is 15.2. The Morgan fingerprint density at radius 3 is 1.95 bits per heavy atom. The van der Waals surface area contributed by atoms with Gasteiger partial charge in [0.25, 0.3) is 0 Å². The zero-order chi connectivity index (χ0) is 14.2. The predicted molar refractivity (Wildman–Crippen MR) is 84.3 cm³/mol. The van der Waals surface area contributed by atoms with Gasteiger partial charge in [0.15, 0.2) is 0 Å². The largest absolute Gasteiger partial charge is 0.359 e. The smallest absolute Gasteiger partial charge is 0.219 e. The van der Waals surface area contributed by atoms with Gasteiger partial charge in [-0.2, -0.15) is 0 Å². The van der Waals surface area contributed by atoms with Crippen LogP contribution in [0.15, 0.2) is 12.2 Å². The fourth-order valence-corrected chi connectivity index (χ4v) is 2.13. The first-order valence-electron chi connectivity index (χ1n) is 8.16. The quantitative estimate of drug-likeness (QED) is 0.369. The summed E-state index contributed by atoms with van der Waals surface area (Å²) < 4.78 is 0. The summed E-state index contributed by atoms with van der Waals surface area (Å²) in [7, 11) is 1.71. The molecule has 0 aliphatic heterocycles. The van der Waals surface area contributed by atoms with Crippen LogP contribution in [0.2, 0.25) is 0 Å². The van der Waals surface area contributed by atoms with E-state index in [1.165, 1.54) is 64.2 Å². The Kier molecular flexibility index (Phi) is 14.6. The molecule has 0 aromatic carbocycles. The van der Waals surface area contributed by atoms with Crippen molar-refractivity contribution in [2.45, 2.75) is 84.0 Å². The molecule has 0 fully saturated rings. The number of allylic oxidation sites excluding steroid dienone is 2. The van der Waals surface area contributed by atoms with Crippen LogP contribution in [0.25, 0.3) is 0 Å². The molecule has 0 spiro atoms. The minimum Gasteiger partial charge on any atom is -0.359 e. The zero-order valence-electron chi connectivity index (χ0n) is 13.0. The zero-order valence-corrected chi connectivity index (χ0v) is 13.0. The molecule has 1 N–H and O–H groups in total. The van der Waals surface area contributed by atoms with Gasteiger partial charge in [0.05, 0.1) is 0 Å². The second-order valence-corrected chi connectivity index (χ2v) is 5.30. The highest BCUT2D eigenvalue weighted by Gasteiger charge is 1.96. The molecule has 2 nitrogen and oxygen atoms in total. The summed E-state index contributed by atoms with van der Waals surface area (Å²) in [5.41, 5.74) is 0. The minimum atomic E-state index is 0.172. The van der Waals surface area contributed by atoms with E-state index in [1.807, 2.05) is 0 Å². The highest BCUT2D eigenvalue weighted by molar-refractivity contribution is 5.75. The predicted octanol–water partition coefficient (Wildman–Crippen LogP) is 4.99. The van der Waals surface area contributed by atoms with Gasteiger partial charge in [-0.3, -0.25) is 4.79 Å². The number of amides is 1. The highest BCUT2D eigenvalue weighted by Crippen LogP contribution is 2.08. The van der Waals surface area contributed by atoms with Crippen molar-refractivity contribution in [1.82, 2.24) is 5.32 Å². The van der Waals surface area contributed by atoms with Crippen molar-refractivity contribution in [2.24, 2.45) is 0 Å². The molecule has 0 aliphatic rings. The van der Waals surface area contributed by atoms with Crippen molar-refractivity contribution in [1.29, 1.82) is 0 Å². The Balaban J connectivity index is 3.09. The summed E-state index contributed by atoms with van der Waals surface area (Å²) in [6.07, 6.45) is 19.4. The molecule has 0 aromatic rings. The molecule has 0 saturated heterocycles. The number of carbonyl (C=O) groups is 1. The minimum absolute atomic E-state index is 0.172. The first-order chi connectivity index (χ1) is 9.31. The summed E-state index contributed by atoms with van der Waals surface area (Å²) >= 11 is 0. The van der Waals surface area contributed by atoms with Crippen LogP contribution in [0.3, 0.4) is 0 Å². The topological polar surface area (TPSA) is 29.1 Å². The summed E-state index contributed by atoms with van der Waals surface area (Å²) in [5.74, 6) is 0.172. The van der Waals surface area contributed by atoms with E-state index >= 15 is 0 Å². The van der Waals surface area contributed by atoms with Crippen molar-refractivity contribution < 1.29 is 4.79 Å². The normalized spacial score (nSPS) is 11.1. The van der Waals surface area contributed by atoms with E-state index in [-0.39, 0.29) is 5.91 Å². The van der Waals surface area contributed by atoms with E-state index in [1.54, 1.807) is 7.05 Å². The van der Waals surface area contributed by atoms with Crippen molar-refractivity contribution in [3.05, 3.63) is 12.2 Å². The Morgan fingerprint density at radius 1 is 0.842 bits per heavy atom.